The SMILES string of the molecule is OCCCCCC#CCCCCCCOC1CCCCO1. The van der Waals surface area contributed by atoms with Crippen LogP contribution in [0.1, 0.15) is 77.0 Å². The van der Waals surface area contributed by atoms with Crippen LogP contribution in [0.25, 0.3) is 0 Å². The molecule has 1 N–H and O–H groups in total. The summed E-state index contributed by atoms with van der Waals surface area (Å²) < 4.78 is 11.2. The lowest BCUT2D eigenvalue weighted by Gasteiger charge is -2.22. The molecule has 21 heavy (non-hydrogen) atoms. The summed E-state index contributed by atoms with van der Waals surface area (Å²) in [6.45, 7) is 2.01. The molecule has 1 saturated heterocycles. The first-order valence-corrected chi connectivity index (χ1v) is 8.73. The summed E-state index contributed by atoms with van der Waals surface area (Å²) in [6.07, 6.45) is 13.5. The van der Waals surface area contributed by atoms with Crippen LogP contribution in [0.15, 0.2) is 0 Å². The lowest BCUT2D eigenvalue weighted by atomic mass is 10.1. The number of hydrogen-bond donors (Lipinski definition) is 1. The third kappa shape index (κ3) is 11.7. The second-order valence-electron chi connectivity index (χ2n) is 5.72. The molecule has 0 radical (unpaired) electrons. The quantitative estimate of drug-likeness (QED) is 0.462. The zero-order valence-electron chi connectivity index (χ0n) is 13.4. The van der Waals surface area contributed by atoms with E-state index in [1.54, 1.807) is 0 Å². The van der Waals surface area contributed by atoms with Crippen molar-refractivity contribution in [2.24, 2.45) is 0 Å². The molecule has 1 unspecified atom stereocenters. The molecule has 1 heterocycles. The van der Waals surface area contributed by atoms with Gasteiger partial charge in [-0.1, -0.05) is 19.3 Å². The van der Waals surface area contributed by atoms with E-state index in [0.717, 1.165) is 58.2 Å². The van der Waals surface area contributed by atoms with Crippen molar-refractivity contribution >= 4 is 0 Å². The summed E-state index contributed by atoms with van der Waals surface area (Å²) in [7, 11) is 0. The Morgan fingerprint density at radius 2 is 1.62 bits per heavy atom. The van der Waals surface area contributed by atoms with Crippen molar-refractivity contribution in [3.63, 3.8) is 0 Å². The molecule has 1 rings (SSSR count). The van der Waals surface area contributed by atoms with E-state index in [9.17, 15) is 0 Å². The van der Waals surface area contributed by atoms with Gasteiger partial charge < -0.3 is 14.6 Å². The highest BCUT2D eigenvalue weighted by Crippen LogP contribution is 2.14. The van der Waals surface area contributed by atoms with Crippen LogP contribution in [0.5, 0.6) is 0 Å². The van der Waals surface area contributed by atoms with E-state index >= 15 is 0 Å². The Hall–Kier alpha value is -0.560. The van der Waals surface area contributed by atoms with Gasteiger partial charge in [0, 0.05) is 32.7 Å². The van der Waals surface area contributed by atoms with Gasteiger partial charge in [0.05, 0.1) is 0 Å². The monoisotopic (exact) mass is 296 g/mol. The molecule has 0 aromatic heterocycles. The summed E-state index contributed by atoms with van der Waals surface area (Å²) in [5.41, 5.74) is 0. The average molecular weight is 296 g/mol. The van der Waals surface area contributed by atoms with Gasteiger partial charge in [-0.25, -0.2) is 0 Å². The van der Waals surface area contributed by atoms with Crippen molar-refractivity contribution in [1.82, 2.24) is 0 Å². The number of ether oxygens (including phenoxy) is 2. The molecule has 3 nitrogen and oxygen atoms in total. The standard InChI is InChI=1S/C18H32O3/c19-15-11-8-6-4-2-1-3-5-7-9-12-16-20-18-14-10-13-17-21-18/h18-19H,3-17H2. The minimum absolute atomic E-state index is 0.0652. The Kier molecular flexibility index (Phi) is 12.7. The molecule has 122 valence electrons. The van der Waals surface area contributed by atoms with Crippen molar-refractivity contribution in [2.45, 2.75) is 83.3 Å². The molecule has 3 heteroatoms. The second-order valence-corrected chi connectivity index (χ2v) is 5.72. The van der Waals surface area contributed by atoms with Gasteiger partial charge >= 0.3 is 0 Å². The van der Waals surface area contributed by atoms with Gasteiger partial charge in [-0.15, -0.1) is 11.8 Å². The van der Waals surface area contributed by atoms with Gasteiger partial charge in [-0.3, -0.25) is 0 Å². The molecule has 0 bridgehead atoms. The summed E-state index contributed by atoms with van der Waals surface area (Å²) in [4.78, 5) is 0. The molecule has 0 aromatic carbocycles. The van der Waals surface area contributed by atoms with E-state index in [-0.39, 0.29) is 6.29 Å². The molecular weight excluding hydrogens is 264 g/mol. The molecule has 0 saturated carbocycles. The van der Waals surface area contributed by atoms with Gasteiger partial charge in [0.15, 0.2) is 6.29 Å². The van der Waals surface area contributed by atoms with E-state index in [0.29, 0.717) is 6.61 Å². The lowest BCUT2D eigenvalue weighted by molar-refractivity contribution is -0.162. The molecule has 0 amide bonds. The smallest absolute Gasteiger partial charge is 0.157 e. The van der Waals surface area contributed by atoms with Crippen molar-refractivity contribution in [1.29, 1.82) is 0 Å². The predicted molar refractivity (Wildman–Crippen MR) is 86.0 cm³/mol. The Balaban J connectivity index is 1.77. The molecule has 1 atom stereocenters. The summed E-state index contributed by atoms with van der Waals surface area (Å²) >= 11 is 0. The van der Waals surface area contributed by atoms with E-state index in [1.807, 2.05) is 0 Å². The third-order valence-electron chi connectivity index (χ3n) is 3.72. The van der Waals surface area contributed by atoms with Gasteiger partial charge in [0.1, 0.15) is 0 Å². The molecule has 1 aliphatic rings. The largest absolute Gasteiger partial charge is 0.396 e. The van der Waals surface area contributed by atoms with E-state index in [2.05, 4.69) is 11.8 Å². The fourth-order valence-corrected chi connectivity index (χ4v) is 2.41. The van der Waals surface area contributed by atoms with Crippen molar-refractivity contribution in [2.75, 3.05) is 19.8 Å². The van der Waals surface area contributed by atoms with Crippen LogP contribution in [-0.2, 0) is 9.47 Å². The number of hydrogen-bond acceptors (Lipinski definition) is 3. The number of aliphatic hydroxyl groups is 1. The van der Waals surface area contributed by atoms with E-state index in [4.69, 9.17) is 14.6 Å². The maximum atomic E-state index is 8.65. The van der Waals surface area contributed by atoms with Crippen molar-refractivity contribution in [3.05, 3.63) is 0 Å². The zero-order valence-corrected chi connectivity index (χ0v) is 13.4. The molecule has 1 aliphatic heterocycles. The fourth-order valence-electron chi connectivity index (χ4n) is 2.41. The number of rotatable bonds is 11. The van der Waals surface area contributed by atoms with E-state index < -0.39 is 0 Å². The minimum atomic E-state index is 0.0652. The number of aliphatic hydroxyl groups excluding tert-OH is 1. The summed E-state index contributed by atoms with van der Waals surface area (Å²) in [6, 6.07) is 0. The molecule has 0 aromatic rings. The fraction of sp³-hybridized carbons (Fsp3) is 0.889. The Labute approximate surface area is 130 Å². The van der Waals surface area contributed by atoms with Crippen molar-refractivity contribution < 1.29 is 14.6 Å². The summed E-state index contributed by atoms with van der Waals surface area (Å²) in [5, 5.41) is 8.65. The first kappa shape index (κ1) is 18.5. The zero-order chi connectivity index (χ0) is 15.0. The van der Waals surface area contributed by atoms with Gasteiger partial charge in [0.2, 0.25) is 0 Å². The minimum Gasteiger partial charge on any atom is -0.396 e. The van der Waals surface area contributed by atoms with Crippen LogP contribution in [0.3, 0.4) is 0 Å². The predicted octanol–water partition coefficient (Wildman–Crippen LogP) is 4.04. The Morgan fingerprint density at radius 3 is 2.29 bits per heavy atom. The first-order valence-electron chi connectivity index (χ1n) is 8.73. The molecule has 0 spiro atoms. The van der Waals surface area contributed by atoms with Crippen LogP contribution >= 0.6 is 0 Å². The van der Waals surface area contributed by atoms with Gasteiger partial charge in [-0.05, 0) is 44.9 Å². The van der Waals surface area contributed by atoms with Crippen LogP contribution in [0.4, 0.5) is 0 Å². The molecular formula is C18H32O3. The average Bonchev–Trinajstić information content (AvgIpc) is 2.53. The highest BCUT2D eigenvalue weighted by atomic mass is 16.7. The van der Waals surface area contributed by atoms with Crippen LogP contribution in [0, 0.1) is 11.8 Å². The second kappa shape index (κ2) is 14.4. The normalized spacial score (nSPS) is 18.2. The highest BCUT2D eigenvalue weighted by molar-refractivity contribution is 4.98. The number of unbranched alkanes of at least 4 members (excludes halogenated alkanes) is 7. The van der Waals surface area contributed by atoms with Crippen LogP contribution in [-0.4, -0.2) is 31.2 Å². The van der Waals surface area contributed by atoms with E-state index in [1.165, 1.54) is 32.1 Å². The lowest BCUT2D eigenvalue weighted by Crippen LogP contribution is -2.22. The van der Waals surface area contributed by atoms with Crippen LogP contribution in [0.2, 0.25) is 0 Å². The highest BCUT2D eigenvalue weighted by Gasteiger charge is 2.13. The van der Waals surface area contributed by atoms with Gasteiger partial charge in [-0.2, -0.15) is 0 Å². The molecule has 0 aliphatic carbocycles. The Morgan fingerprint density at radius 1 is 0.905 bits per heavy atom. The maximum Gasteiger partial charge on any atom is 0.157 e. The van der Waals surface area contributed by atoms with Crippen molar-refractivity contribution in [3.8, 4) is 11.8 Å². The molecule has 1 fully saturated rings. The summed E-state index contributed by atoms with van der Waals surface area (Å²) in [5.74, 6) is 6.46. The maximum absolute atomic E-state index is 8.65. The Bertz CT molecular complexity index is 274. The van der Waals surface area contributed by atoms with Gasteiger partial charge in [0.25, 0.3) is 0 Å². The third-order valence-corrected chi connectivity index (χ3v) is 3.72. The topological polar surface area (TPSA) is 38.7 Å². The van der Waals surface area contributed by atoms with Crippen LogP contribution < -0.4 is 0 Å². The first-order chi connectivity index (χ1) is 10.4.